The van der Waals surface area contributed by atoms with E-state index < -0.39 is 17.2 Å². The average Bonchev–Trinajstić information content (AvgIpc) is 3.01. The van der Waals surface area contributed by atoms with Gasteiger partial charge in [0.05, 0.1) is 22.2 Å². The first kappa shape index (κ1) is 18.8. The number of carbonyl (C=O) groups excluding carboxylic acids is 1. The molecule has 7 heteroatoms. The number of pyridine rings is 1. The van der Waals surface area contributed by atoms with Crippen molar-refractivity contribution in [3.8, 4) is 22.6 Å². The number of carbonyl (C=O) groups is 1. The summed E-state index contributed by atoms with van der Waals surface area (Å²) in [6.45, 7) is 7.05. The Bertz CT molecular complexity index is 1230. The number of rotatable bonds is 1. The number of aromatic nitrogens is 1. The van der Waals surface area contributed by atoms with Crippen molar-refractivity contribution in [2.24, 2.45) is 0 Å². The Hall–Kier alpha value is -3.22. The lowest BCUT2D eigenvalue weighted by Crippen LogP contribution is -2.53. The molecule has 0 saturated carbocycles. The van der Waals surface area contributed by atoms with Crippen LogP contribution in [0.25, 0.3) is 22.0 Å². The first-order chi connectivity index (χ1) is 14.0. The van der Waals surface area contributed by atoms with Crippen LogP contribution in [0.15, 0.2) is 42.6 Å². The summed E-state index contributed by atoms with van der Waals surface area (Å²) in [6.07, 6.45) is -2.13. The number of alkyl halides is 2. The van der Waals surface area contributed by atoms with Gasteiger partial charge < -0.3 is 14.8 Å². The predicted octanol–water partition coefficient (Wildman–Crippen LogP) is 5.27. The third-order valence-electron chi connectivity index (χ3n) is 5.86. The number of hydrogen-bond donors (Lipinski definition) is 1. The summed E-state index contributed by atoms with van der Waals surface area (Å²) in [5.41, 5.74) is 0.910. The van der Waals surface area contributed by atoms with Crippen molar-refractivity contribution in [2.75, 3.05) is 5.32 Å². The summed E-state index contributed by atoms with van der Waals surface area (Å²) >= 11 is 0. The van der Waals surface area contributed by atoms with E-state index >= 15 is 0 Å². The molecule has 0 spiro atoms. The van der Waals surface area contributed by atoms with E-state index in [1.54, 1.807) is 46.0 Å². The molecule has 30 heavy (non-hydrogen) atoms. The smallest absolute Gasteiger partial charge is 0.395 e. The zero-order valence-corrected chi connectivity index (χ0v) is 17.0. The highest BCUT2D eigenvalue weighted by Crippen LogP contribution is 2.57. The molecular formula is C23H20F2N2O3. The van der Waals surface area contributed by atoms with Crippen molar-refractivity contribution in [3.05, 3.63) is 48.2 Å². The number of ketones is 1. The molecule has 0 atom stereocenters. The number of fused-ring (bicyclic) bond motifs is 4. The van der Waals surface area contributed by atoms with Gasteiger partial charge in [-0.25, -0.2) is 0 Å². The van der Waals surface area contributed by atoms with Crippen molar-refractivity contribution in [1.82, 2.24) is 4.98 Å². The van der Waals surface area contributed by atoms with Crippen LogP contribution in [0.3, 0.4) is 0 Å². The molecule has 2 aliphatic heterocycles. The van der Waals surface area contributed by atoms with Crippen molar-refractivity contribution in [3.63, 3.8) is 0 Å². The van der Waals surface area contributed by atoms with Crippen LogP contribution >= 0.6 is 0 Å². The summed E-state index contributed by atoms with van der Waals surface area (Å²) in [5, 5.41) is 3.88. The Morgan fingerprint density at radius 1 is 0.967 bits per heavy atom. The van der Waals surface area contributed by atoms with Gasteiger partial charge >= 0.3 is 6.29 Å². The molecule has 5 rings (SSSR count). The van der Waals surface area contributed by atoms with E-state index in [9.17, 15) is 13.6 Å². The monoisotopic (exact) mass is 410 g/mol. The van der Waals surface area contributed by atoms with Crippen LogP contribution in [0, 0.1) is 0 Å². The van der Waals surface area contributed by atoms with Crippen LogP contribution in [0.1, 0.15) is 33.3 Å². The lowest BCUT2D eigenvalue weighted by Gasteiger charge is -2.42. The molecular weight excluding hydrogens is 390 g/mol. The second-order valence-corrected chi connectivity index (χ2v) is 8.75. The number of nitrogens with one attached hydrogen (secondary N) is 1. The van der Waals surface area contributed by atoms with Crippen LogP contribution in [-0.2, 0) is 10.2 Å². The van der Waals surface area contributed by atoms with Gasteiger partial charge in [0.25, 0.3) is 0 Å². The first-order valence-electron chi connectivity index (χ1n) is 9.66. The summed E-state index contributed by atoms with van der Waals surface area (Å²) in [7, 11) is 0. The van der Waals surface area contributed by atoms with Crippen LogP contribution in [0.2, 0.25) is 0 Å². The molecule has 0 bridgehead atoms. The minimum Gasteiger partial charge on any atom is -0.395 e. The van der Waals surface area contributed by atoms with E-state index in [0.29, 0.717) is 22.4 Å². The Morgan fingerprint density at radius 3 is 2.47 bits per heavy atom. The summed E-state index contributed by atoms with van der Waals surface area (Å²) < 4.78 is 38.4. The van der Waals surface area contributed by atoms with E-state index in [2.05, 4.69) is 10.3 Å². The van der Waals surface area contributed by atoms with Crippen molar-refractivity contribution in [2.45, 2.75) is 44.9 Å². The quantitative estimate of drug-likeness (QED) is 0.592. The van der Waals surface area contributed by atoms with Crippen molar-refractivity contribution < 1.29 is 23.0 Å². The normalized spacial score (nSPS) is 20.0. The van der Waals surface area contributed by atoms with Gasteiger partial charge in [0.15, 0.2) is 17.3 Å². The van der Waals surface area contributed by atoms with Crippen LogP contribution in [-0.4, -0.2) is 22.6 Å². The van der Waals surface area contributed by atoms with Crippen molar-refractivity contribution in [1.29, 1.82) is 0 Å². The van der Waals surface area contributed by atoms with E-state index in [0.717, 1.165) is 10.9 Å². The number of anilines is 1. The van der Waals surface area contributed by atoms with Crippen molar-refractivity contribution >= 4 is 22.4 Å². The molecule has 0 amide bonds. The molecule has 3 aromatic rings. The number of benzene rings is 2. The molecule has 3 heterocycles. The maximum Gasteiger partial charge on any atom is 0.586 e. The SMILES string of the molecule is CC1(C)Nc2c(cc(-c3cccc4ncccc34)c3c2OC(F)(F)O3)C(C)(C)C1=O. The highest BCUT2D eigenvalue weighted by molar-refractivity contribution is 6.06. The molecule has 154 valence electrons. The first-order valence-corrected chi connectivity index (χ1v) is 9.66. The Morgan fingerprint density at radius 2 is 1.70 bits per heavy atom. The Kier molecular flexibility index (Phi) is 3.56. The minimum absolute atomic E-state index is 0.0429. The molecule has 0 aliphatic carbocycles. The molecule has 0 unspecified atom stereocenters. The molecule has 0 radical (unpaired) electrons. The maximum absolute atomic E-state index is 14.2. The van der Waals surface area contributed by atoms with Crippen LogP contribution < -0.4 is 14.8 Å². The number of nitrogens with zero attached hydrogens (tertiary/aromatic N) is 1. The fourth-order valence-corrected chi connectivity index (χ4v) is 4.53. The maximum atomic E-state index is 14.2. The van der Waals surface area contributed by atoms with E-state index in [1.165, 1.54) is 0 Å². The van der Waals surface area contributed by atoms with Gasteiger partial charge in [-0.15, -0.1) is 8.78 Å². The van der Waals surface area contributed by atoms with Gasteiger partial charge in [-0.3, -0.25) is 9.78 Å². The number of halogens is 2. The number of ether oxygens (including phenoxy) is 2. The van der Waals surface area contributed by atoms with E-state index in [4.69, 9.17) is 9.47 Å². The standard InChI is InChI=1S/C23H20F2N2O3/c1-21(2)15-11-14(12-7-5-9-16-13(12)8-6-10-26-16)18-19(30-23(24,25)29-18)17(15)27-22(3,4)20(21)28/h5-11,27H,1-4H3. The summed E-state index contributed by atoms with van der Waals surface area (Å²) in [5.74, 6) is -0.177. The topological polar surface area (TPSA) is 60.5 Å². The molecule has 1 aromatic heterocycles. The molecule has 2 aliphatic rings. The Labute approximate surface area is 172 Å². The zero-order chi connectivity index (χ0) is 21.5. The molecule has 5 nitrogen and oxygen atoms in total. The van der Waals surface area contributed by atoms with Gasteiger partial charge in [0.1, 0.15) is 0 Å². The van der Waals surface area contributed by atoms with E-state index in [-0.39, 0.29) is 17.3 Å². The van der Waals surface area contributed by atoms with Gasteiger partial charge in [-0.1, -0.05) is 18.2 Å². The fraction of sp³-hybridized carbons (Fsp3) is 0.304. The third-order valence-corrected chi connectivity index (χ3v) is 5.86. The number of Topliss-reactive ketones (excluding diaryl/α,β-unsaturated/α-hetero) is 1. The lowest BCUT2D eigenvalue weighted by molar-refractivity contribution is -0.286. The van der Waals surface area contributed by atoms with Gasteiger partial charge in [0.2, 0.25) is 0 Å². The molecule has 0 fully saturated rings. The molecule has 1 N–H and O–H groups in total. The predicted molar refractivity (Wildman–Crippen MR) is 109 cm³/mol. The Balaban J connectivity index is 1.87. The second kappa shape index (κ2) is 5.68. The second-order valence-electron chi connectivity index (χ2n) is 8.75. The molecule has 0 saturated heterocycles. The average molecular weight is 410 g/mol. The molecule has 2 aromatic carbocycles. The largest absolute Gasteiger partial charge is 0.586 e. The van der Waals surface area contributed by atoms with E-state index in [1.807, 2.05) is 24.3 Å². The van der Waals surface area contributed by atoms with Gasteiger partial charge in [-0.2, -0.15) is 0 Å². The zero-order valence-electron chi connectivity index (χ0n) is 17.0. The summed E-state index contributed by atoms with van der Waals surface area (Å²) in [6, 6.07) is 10.9. The lowest BCUT2D eigenvalue weighted by atomic mass is 9.69. The third kappa shape index (κ3) is 2.51. The van der Waals surface area contributed by atoms with Crippen LogP contribution in [0.4, 0.5) is 14.5 Å². The fourth-order valence-electron chi connectivity index (χ4n) is 4.53. The summed E-state index contributed by atoms with van der Waals surface area (Å²) in [4.78, 5) is 17.5. The highest BCUT2D eigenvalue weighted by atomic mass is 19.3. The van der Waals surface area contributed by atoms with Crippen LogP contribution in [0.5, 0.6) is 11.5 Å². The minimum atomic E-state index is -3.80. The number of hydrogen-bond acceptors (Lipinski definition) is 5. The van der Waals surface area contributed by atoms with Gasteiger partial charge in [-0.05, 0) is 57.0 Å². The van der Waals surface area contributed by atoms with Gasteiger partial charge in [0, 0.05) is 17.1 Å². The highest BCUT2D eigenvalue weighted by Gasteiger charge is 2.52.